The maximum atomic E-state index is 13.3. The summed E-state index contributed by atoms with van der Waals surface area (Å²) in [6, 6.07) is 7.60. The van der Waals surface area contributed by atoms with Gasteiger partial charge < -0.3 is 20.4 Å². The number of hydrogen-bond acceptors (Lipinski definition) is 6. The summed E-state index contributed by atoms with van der Waals surface area (Å²) in [5, 5.41) is 22.1. The molecule has 0 unspecified atom stereocenters. The lowest BCUT2D eigenvalue weighted by atomic mass is 10.1. The molecule has 0 saturated carbocycles. The van der Waals surface area contributed by atoms with E-state index in [4.69, 9.17) is 5.11 Å². The van der Waals surface area contributed by atoms with Crippen LogP contribution >= 0.6 is 0 Å². The molecule has 4 rings (SSSR count). The summed E-state index contributed by atoms with van der Waals surface area (Å²) in [6.45, 7) is 0.444. The van der Waals surface area contributed by atoms with Crippen molar-refractivity contribution in [3.8, 4) is 5.75 Å². The number of fused-ring (bicyclic) bond motifs is 1. The third-order valence-corrected chi connectivity index (χ3v) is 5.83. The first-order valence-electron chi connectivity index (χ1n) is 11.0. The van der Waals surface area contributed by atoms with E-state index in [1.54, 1.807) is 23.1 Å². The van der Waals surface area contributed by atoms with E-state index in [9.17, 15) is 23.9 Å². The Hall–Kier alpha value is -3.79. The lowest BCUT2D eigenvalue weighted by Gasteiger charge is -2.19. The van der Waals surface area contributed by atoms with Crippen LogP contribution in [0.4, 0.5) is 4.39 Å². The highest BCUT2D eigenvalue weighted by atomic mass is 19.1. The summed E-state index contributed by atoms with van der Waals surface area (Å²) < 4.78 is 14.4. The topological polar surface area (TPSA) is 125 Å². The Bertz CT molecular complexity index is 1280. The van der Waals surface area contributed by atoms with Crippen molar-refractivity contribution < 1.29 is 24.2 Å². The number of aromatic hydroxyl groups is 1. The van der Waals surface area contributed by atoms with Gasteiger partial charge in [-0.25, -0.2) is 4.39 Å². The quantitative estimate of drug-likeness (QED) is 0.478. The molecule has 0 aliphatic carbocycles. The van der Waals surface area contributed by atoms with Gasteiger partial charge in [-0.1, -0.05) is 12.1 Å². The second-order valence-electron chi connectivity index (χ2n) is 8.20. The Morgan fingerprint density at radius 2 is 1.82 bits per heavy atom. The molecule has 34 heavy (non-hydrogen) atoms. The van der Waals surface area contributed by atoms with Crippen molar-refractivity contribution in [2.24, 2.45) is 0 Å². The first-order valence-corrected chi connectivity index (χ1v) is 11.0. The van der Waals surface area contributed by atoms with E-state index >= 15 is 0 Å². The van der Waals surface area contributed by atoms with Crippen molar-refractivity contribution in [3.05, 3.63) is 69.4 Å². The average Bonchev–Trinajstić information content (AvgIpc) is 3.37. The molecule has 1 saturated heterocycles. The number of pyridine rings is 2. The van der Waals surface area contributed by atoms with Crippen LogP contribution in [-0.2, 0) is 17.8 Å². The zero-order valence-electron chi connectivity index (χ0n) is 18.5. The highest BCUT2D eigenvalue weighted by Gasteiger charge is 2.26. The number of halogens is 1. The van der Waals surface area contributed by atoms with Gasteiger partial charge in [-0.3, -0.25) is 23.9 Å². The van der Waals surface area contributed by atoms with Crippen molar-refractivity contribution >= 4 is 22.8 Å². The molecule has 1 aliphatic heterocycles. The van der Waals surface area contributed by atoms with E-state index < -0.39 is 22.8 Å². The van der Waals surface area contributed by atoms with Gasteiger partial charge in [0.1, 0.15) is 23.4 Å². The Balaban J connectivity index is 1.81. The minimum absolute atomic E-state index is 0.00539. The van der Waals surface area contributed by atoms with Gasteiger partial charge in [-0.15, -0.1) is 0 Å². The third-order valence-electron chi connectivity index (χ3n) is 5.83. The van der Waals surface area contributed by atoms with Gasteiger partial charge in [0.15, 0.2) is 5.75 Å². The summed E-state index contributed by atoms with van der Waals surface area (Å²) in [7, 11) is 0. The SMILES string of the molecule is O=C(NCCO)c1c(O)c2ncc(Cc3ccc(F)cc3)cc2n(CC(=O)N2CCCC2)c1=O. The predicted molar refractivity (Wildman–Crippen MR) is 122 cm³/mol. The number of aromatic nitrogens is 2. The van der Waals surface area contributed by atoms with Crippen LogP contribution in [0, 0.1) is 5.82 Å². The van der Waals surface area contributed by atoms with Gasteiger partial charge in [0.25, 0.3) is 11.5 Å². The van der Waals surface area contributed by atoms with E-state index in [0.717, 1.165) is 23.0 Å². The van der Waals surface area contributed by atoms with Gasteiger partial charge >= 0.3 is 0 Å². The number of aliphatic hydroxyl groups excluding tert-OH is 1. The number of benzene rings is 1. The molecule has 0 bridgehead atoms. The monoisotopic (exact) mass is 468 g/mol. The van der Waals surface area contributed by atoms with Crippen molar-refractivity contribution in [1.82, 2.24) is 19.8 Å². The number of nitrogens with one attached hydrogen (secondary N) is 1. The van der Waals surface area contributed by atoms with Gasteiger partial charge in [-0.2, -0.15) is 0 Å². The zero-order valence-corrected chi connectivity index (χ0v) is 18.5. The van der Waals surface area contributed by atoms with Crippen molar-refractivity contribution in [3.63, 3.8) is 0 Å². The van der Waals surface area contributed by atoms with Crippen molar-refractivity contribution in [2.75, 3.05) is 26.2 Å². The fourth-order valence-electron chi connectivity index (χ4n) is 4.10. The smallest absolute Gasteiger partial charge is 0.268 e. The highest BCUT2D eigenvalue weighted by Crippen LogP contribution is 2.26. The standard InChI is InChI=1S/C24H25FN4O5/c25-17-5-3-15(4-6-17)11-16-12-18-21(27-13-16)22(32)20(23(33)26-7-10-30)24(34)29(18)14-19(31)28-8-1-2-9-28/h3-6,12-13,30,32H,1-2,7-11,14H2,(H,26,33). The van der Waals surface area contributed by atoms with Crippen LogP contribution in [0.15, 0.2) is 41.3 Å². The minimum atomic E-state index is -0.863. The third kappa shape index (κ3) is 4.76. The predicted octanol–water partition coefficient (Wildman–Crippen LogP) is 1.18. The Kier molecular flexibility index (Phi) is 6.87. The molecule has 178 valence electrons. The van der Waals surface area contributed by atoms with Crippen LogP contribution in [0.1, 0.15) is 34.3 Å². The molecule has 3 heterocycles. The number of carbonyl (C=O) groups is 2. The fourth-order valence-corrected chi connectivity index (χ4v) is 4.10. The van der Waals surface area contributed by atoms with E-state index in [2.05, 4.69) is 10.3 Å². The Morgan fingerprint density at radius 1 is 1.12 bits per heavy atom. The molecule has 3 aromatic rings. The highest BCUT2D eigenvalue weighted by molar-refractivity contribution is 6.01. The lowest BCUT2D eigenvalue weighted by Crippen LogP contribution is -2.38. The summed E-state index contributed by atoms with van der Waals surface area (Å²) >= 11 is 0. The summed E-state index contributed by atoms with van der Waals surface area (Å²) in [5.41, 5.74) is 0.355. The van der Waals surface area contributed by atoms with Crippen LogP contribution < -0.4 is 10.9 Å². The normalized spacial score (nSPS) is 13.4. The maximum absolute atomic E-state index is 13.3. The van der Waals surface area contributed by atoms with Crippen LogP contribution in [-0.4, -0.2) is 62.7 Å². The molecule has 1 aromatic carbocycles. The first-order chi connectivity index (χ1) is 16.4. The number of carbonyl (C=O) groups excluding carboxylic acids is 2. The van der Waals surface area contributed by atoms with Gasteiger partial charge in [0.05, 0.1) is 12.1 Å². The first kappa shape index (κ1) is 23.4. The van der Waals surface area contributed by atoms with E-state index in [-0.39, 0.29) is 42.5 Å². The maximum Gasteiger partial charge on any atom is 0.268 e. The van der Waals surface area contributed by atoms with Gasteiger partial charge in [0, 0.05) is 25.8 Å². The molecule has 1 aliphatic rings. The van der Waals surface area contributed by atoms with Gasteiger partial charge in [0.2, 0.25) is 5.91 Å². The number of amides is 2. The molecule has 2 amide bonds. The number of likely N-dealkylation sites (tertiary alicyclic amines) is 1. The summed E-state index contributed by atoms with van der Waals surface area (Å²) in [5.74, 6) is -2.07. The fraction of sp³-hybridized carbons (Fsp3) is 0.333. The van der Waals surface area contributed by atoms with E-state index in [1.165, 1.54) is 18.3 Å². The van der Waals surface area contributed by atoms with Crippen LogP contribution in [0.2, 0.25) is 0 Å². The number of hydrogen-bond donors (Lipinski definition) is 3. The molecule has 0 spiro atoms. The van der Waals surface area contributed by atoms with Crippen LogP contribution in [0.25, 0.3) is 11.0 Å². The molecule has 2 aromatic heterocycles. The van der Waals surface area contributed by atoms with E-state index in [1.807, 2.05) is 0 Å². The van der Waals surface area contributed by atoms with Crippen LogP contribution in [0.3, 0.4) is 0 Å². The molecule has 9 nitrogen and oxygen atoms in total. The summed E-state index contributed by atoms with van der Waals surface area (Å²) in [6.07, 6.45) is 3.65. The lowest BCUT2D eigenvalue weighted by molar-refractivity contribution is -0.130. The molecule has 0 radical (unpaired) electrons. The average molecular weight is 468 g/mol. The number of nitrogens with zero attached hydrogens (tertiary/aromatic N) is 3. The van der Waals surface area contributed by atoms with Crippen molar-refractivity contribution in [2.45, 2.75) is 25.8 Å². The van der Waals surface area contributed by atoms with Crippen LogP contribution in [0.5, 0.6) is 5.75 Å². The molecule has 10 heteroatoms. The summed E-state index contributed by atoms with van der Waals surface area (Å²) in [4.78, 5) is 44.7. The number of rotatable bonds is 7. The van der Waals surface area contributed by atoms with E-state index in [0.29, 0.717) is 25.1 Å². The second kappa shape index (κ2) is 10.0. The Morgan fingerprint density at radius 3 is 2.50 bits per heavy atom. The molecule has 3 N–H and O–H groups in total. The minimum Gasteiger partial charge on any atom is -0.505 e. The molecular weight excluding hydrogens is 443 g/mol. The molecule has 1 fully saturated rings. The largest absolute Gasteiger partial charge is 0.505 e. The molecule has 0 atom stereocenters. The molecular formula is C24H25FN4O5. The number of aliphatic hydroxyl groups is 1. The van der Waals surface area contributed by atoms with Crippen molar-refractivity contribution in [1.29, 1.82) is 0 Å². The second-order valence-corrected chi connectivity index (χ2v) is 8.20. The van der Waals surface area contributed by atoms with Gasteiger partial charge in [-0.05, 0) is 48.6 Å². The Labute approximate surface area is 194 Å². The zero-order chi connectivity index (χ0) is 24.2.